The van der Waals surface area contributed by atoms with Crippen molar-refractivity contribution in [2.45, 2.75) is 40.0 Å². The number of hydrogen-bond acceptors (Lipinski definition) is 3. The second-order valence-electron chi connectivity index (χ2n) is 6.39. The van der Waals surface area contributed by atoms with Crippen LogP contribution in [0.1, 0.15) is 49.2 Å². The molecule has 5 heteroatoms. The molecule has 0 bridgehead atoms. The second-order valence-corrected chi connectivity index (χ2v) is 6.82. The standard InChI is InChI=1S/C17H19ClO4/c1-10-6-11-7-12(18)8-13(16(11)22-10)14(19)4-5-17(2,3)9-15(20)21/h6-8H,4-5,9H2,1-3H3,(H,20,21). The molecule has 1 aromatic heterocycles. The van der Waals surface area contributed by atoms with Crippen LogP contribution in [0.15, 0.2) is 22.6 Å². The van der Waals surface area contributed by atoms with Gasteiger partial charge in [0.1, 0.15) is 11.3 Å². The van der Waals surface area contributed by atoms with Crippen LogP contribution in [-0.2, 0) is 4.79 Å². The average molecular weight is 323 g/mol. The fourth-order valence-corrected chi connectivity index (χ4v) is 2.76. The molecule has 0 atom stereocenters. The van der Waals surface area contributed by atoms with Crippen molar-refractivity contribution < 1.29 is 19.1 Å². The normalized spacial score (nSPS) is 11.8. The lowest BCUT2D eigenvalue weighted by atomic mass is 9.83. The van der Waals surface area contributed by atoms with Crippen molar-refractivity contribution in [2.75, 3.05) is 0 Å². The van der Waals surface area contributed by atoms with Crippen LogP contribution in [0.4, 0.5) is 0 Å². The van der Waals surface area contributed by atoms with Crippen molar-refractivity contribution in [3.63, 3.8) is 0 Å². The molecule has 0 saturated heterocycles. The summed E-state index contributed by atoms with van der Waals surface area (Å²) in [5, 5.41) is 10.2. The molecule has 0 aliphatic carbocycles. The Hall–Kier alpha value is -1.81. The van der Waals surface area contributed by atoms with Gasteiger partial charge in [0.2, 0.25) is 0 Å². The minimum Gasteiger partial charge on any atom is -0.481 e. The van der Waals surface area contributed by atoms with E-state index in [4.69, 9.17) is 21.1 Å². The molecule has 0 spiro atoms. The molecule has 0 aliphatic rings. The maximum atomic E-state index is 12.5. The van der Waals surface area contributed by atoms with E-state index in [9.17, 15) is 9.59 Å². The first-order valence-electron chi connectivity index (χ1n) is 7.13. The van der Waals surface area contributed by atoms with E-state index in [1.165, 1.54) is 0 Å². The Labute approximate surface area is 134 Å². The van der Waals surface area contributed by atoms with Crippen LogP contribution in [-0.4, -0.2) is 16.9 Å². The van der Waals surface area contributed by atoms with Gasteiger partial charge >= 0.3 is 5.97 Å². The molecule has 4 nitrogen and oxygen atoms in total. The second kappa shape index (κ2) is 6.13. The number of furan rings is 1. The van der Waals surface area contributed by atoms with Crippen LogP contribution in [0.2, 0.25) is 5.02 Å². The number of carbonyl (C=O) groups excluding carboxylic acids is 1. The molecular formula is C17H19ClO4. The number of carboxylic acids is 1. The molecular weight excluding hydrogens is 304 g/mol. The summed E-state index contributed by atoms with van der Waals surface area (Å²) in [4.78, 5) is 23.3. The summed E-state index contributed by atoms with van der Waals surface area (Å²) in [5.74, 6) is -0.220. The lowest BCUT2D eigenvalue weighted by Gasteiger charge is -2.21. The van der Waals surface area contributed by atoms with Crippen molar-refractivity contribution in [2.24, 2.45) is 5.41 Å². The Kier molecular flexibility index (Phi) is 4.61. The molecule has 0 radical (unpaired) electrons. The number of hydrogen-bond donors (Lipinski definition) is 1. The maximum Gasteiger partial charge on any atom is 0.303 e. The molecule has 2 rings (SSSR count). The van der Waals surface area contributed by atoms with E-state index < -0.39 is 11.4 Å². The van der Waals surface area contributed by atoms with Crippen LogP contribution in [0.3, 0.4) is 0 Å². The first kappa shape index (κ1) is 16.6. The third-order valence-electron chi connectivity index (χ3n) is 3.66. The van der Waals surface area contributed by atoms with Gasteiger partial charge < -0.3 is 9.52 Å². The summed E-state index contributed by atoms with van der Waals surface area (Å²) in [6.07, 6.45) is 0.784. The van der Waals surface area contributed by atoms with Gasteiger partial charge in [-0.1, -0.05) is 25.4 Å². The van der Waals surface area contributed by atoms with Crippen LogP contribution in [0.5, 0.6) is 0 Å². The monoisotopic (exact) mass is 322 g/mol. The highest BCUT2D eigenvalue weighted by Gasteiger charge is 2.24. The van der Waals surface area contributed by atoms with Gasteiger partial charge in [0, 0.05) is 16.8 Å². The number of benzene rings is 1. The maximum absolute atomic E-state index is 12.5. The van der Waals surface area contributed by atoms with E-state index in [-0.39, 0.29) is 18.6 Å². The van der Waals surface area contributed by atoms with Crippen molar-refractivity contribution >= 4 is 34.3 Å². The fraction of sp³-hybridized carbons (Fsp3) is 0.412. The summed E-state index contributed by atoms with van der Waals surface area (Å²) in [5.41, 5.74) is 0.572. The van der Waals surface area contributed by atoms with Crippen molar-refractivity contribution in [3.8, 4) is 0 Å². The van der Waals surface area contributed by atoms with Gasteiger partial charge in [-0.3, -0.25) is 9.59 Å². The number of carbonyl (C=O) groups is 2. The molecule has 118 valence electrons. The lowest BCUT2D eigenvalue weighted by Crippen LogP contribution is -2.18. The van der Waals surface area contributed by atoms with Crippen molar-refractivity contribution in [1.82, 2.24) is 0 Å². The summed E-state index contributed by atoms with van der Waals surface area (Å²) < 4.78 is 5.60. The number of rotatable bonds is 6. The molecule has 1 aromatic carbocycles. The number of halogens is 1. The highest BCUT2D eigenvalue weighted by Crippen LogP contribution is 2.31. The van der Waals surface area contributed by atoms with Gasteiger partial charge in [0.25, 0.3) is 0 Å². The van der Waals surface area contributed by atoms with Gasteiger partial charge in [0.05, 0.1) is 12.0 Å². The van der Waals surface area contributed by atoms with Crippen LogP contribution >= 0.6 is 11.6 Å². The molecule has 22 heavy (non-hydrogen) atoms. The Bertz CT molecular complexity index is 728. The quantitative estimate of drug-likeness (QED) is 0.771. The first-order valence-corrected chi connectivity index (χ1v) is 7.50. The van der Waals surface area contributed by atoms with E-state index in [1.807, 2.05) is 26.8 Å². The molecule has 0 fully saturated rings. The SMILES string of the molecule is Cc1cc2cc(Cl)cc(C(=O)CCC(C)(C)CC(=O)O)c2o1. The fourth-order valence-electron chi connectivity index (χ4n) is 2.54. The highest BCUT2D eigenvalue weighted by atomic mass is 35.5. The topological polar surface area (TPSA) is 67.5 Å². The minimum absolute atomic E-state index is 0.0328. The first-order chi connectivity index (χ1) is 10.2. The van der Waals surface area contributed by atoms with E-state index >= 15 is 0 Å². The lowest BCUT2D eigenvalue weighted by molar-refractivity contribution is -0.139. The van der Waals surface area contributed by atoms with Crippen molar-refractivity contribution in [3.05, 3.63) is 34.5 Å². The molecule has 2 aromatic rings. The Morgan fingerprint density at radius 2 is 1.95 bits per heavy atom. The zero-order valence-electron chi connectivity index (χ0n) is 12.9. The third-order valence-corrected chi connectivity index (χ3v) is 3.88. The Balaban J connectivity index is 2.21. The third kappa shape index (κ3) is 3.89. The zero-order chi connectivity index (χ0) is 16.5. The summed E-state index contributed by atoms with van der Waals surface area (Å²) in [7, 11) is 0. The van der Waals surface area contributed by atoms with Gasteiger partial charge in [-0.2, -0.15) is 0 Å². The summed E-state index contributed by atoms with van der Waals surface area (Å²) in [6.45, 7) is 5.51. The number of aliphatic carboxylic acids is 1. The number of carboxylic acid groups (broad SMARTS) is 1. The average Bonchev–Trinajstić information content (AvgIpc) is 2.73. The predicted octanol–water partition coefficient (Wildman–Crippen LogP) is 4.86. The van der Waals surface area contributed by atoms with Gasteiger partial charge in [-0.25, -0.2) is 0 Å². The molecule has 1 N–H and O–H groups in total. The van der Waals surface area contributed by atoms with E-state index in [0.29, 0.717) is 22.6 Å². The van der Waals surface area contributed by atoms with E-state index in [1.54, 1.807) is 12.1 Å². The minimum atomic E-state index is -0.857. The molecule has 0 aliphatic heterocycles. The van der Waals surface area contributed by atoms with Crippen LogP contribution < -0.4 is 0 Å². The summed E-state index contributed by atoms with van der Waals surface area (Å²) in [6, 6.07) is 5.21. The Morgan fingerprint density at radius 1 is 1.27 bits per heavy atom. The smallest absolute Gasteiger partial charge is 0.303 e. The van der Waals surface area contributed by atoms with Crippen LogP contribution in [0.25, 0.3) is 11.0 Å². The Morgan fingerprint density at radius 3 is 2.59 bits per heavy atom. The van der Waals surface area contributed by atoms with Gasteiger partial charge in [-0.05, 0) is 37.0 Å². The number of Topliss-reactive ketones (excluding diaryl/α,β-unsaturated/α-hetero) is 1. The molecule has 0 amide bonds. The number of ketones is 1. The van der Waals surface area contributed by atoms with E-state index in [0.717, 1.165) is 11.1 Å². The van der Waals surface area contributed by atoms with Crippen LogP contribution in [0, 0.1) is 12.3 Å². The number of fused-ring (bicyclic) bond motifs is 1. The molecule has 1 heterocycles. The molecule has 0 saturated carbocycles. The van der Waals surface area contributed by atoms with Crippen molar-refractivity contribution in [1.29, 1.82) is 0 Å². The summed E-state index contributed by atoms with van der Waals surface area (Å²) >= 11 is 6.06. The zero-order valence-corrected chi connectivity index (χ0v) is 13.7. The van der Waals surface area contributed by atoms with E-state index in [2.05, 4.69) is 0 Å². The van der Waals surface area contributed by atoms with Gasteiger partial charge in [0.15, 0.2) is 5.78 Å². The predicted molar refractivity (Wildman–Crippen MR) is 85.6 cm³/mol. The van der Waals surface area contributed by atoms with Gasteiger partial charge in [-0.15, -0.1) is 0 Å². The highest BCUT2D eigenvalue weighted by molar-refractivity contribution is 6.32. The number of aryl methyl sites for hydroxylation is 1. The molecule has 0 unspecified atom stereocenters. The largest absolute Gasteiger partial charge is 0.481 e.